The number of phenols is 1. The largest absolute Gasteiger partial charge is 0.504 e. The van der Waals surface area contributed by atoms with Gasteiger partial charge in [-0.25, -0.2) is 0 Å². The maximum atomic E-state index is 10.7. The molecule has 1 aliphatic rings. The molecule has 26 heavy (non-hydrogen) atoms. The van der Waals surface area contributed by atoms with Crippen LogP contribution in [0.15, 0.2) is 36.4 Å². The second-order valence-electron chi connectivity index (χ2n) is 5.85. The van der Waals surface area contributed by atoms with E-state index in [2.05, 4.69) is 0 Å². The fourth-order valence-corrected chi connectivity index (χ4v) is 3.27. The number of allylic oxidation sites excluding steroid dienone is 1. The summed E-state index contributed by atoms with van der Waals surface area (Å²) in [6, 6.07) is 8.52. The van der Waals surface area contributed by atoms with E-state index < -0.39 is 6.10 Å². The Morgan fingerprint density at radius 2 is 1.92 bits per heavy atom. The molecule has 0 fully saturated rings. The summed E-state index contributed by atoms with van der Waals surface area (Å²) in [5.41, 5.74) is 2.31. The average Bonchev–Trinajstić information content (AvgIpc) is 3.06. The first kappa shape index (κ1) is 17.8. The van der Waals surface area contributed by atoms with Gasteiger partial charge in [-0.15, -0.1) is 0 Å². The zero-order chi connectivity index (χ0) is 18.7. The topological polar surface area (TPSA) is 85.2 Å². The molecule has 6 nitrogen and oxygen atoms in total. The van der Waals surface area contributed by atoms with Crippen molar-refractivity contribution in [3.8, 4) is 23.0 Å². The highest BCUT2D eigenvalue weighted by Gasteiger charge is 2.39. The van der Waals surface area contributed by atoms with Crippen molar-refractivity contribution in [1.29, 1.82) is 0 Å². The number of methoxy groups -OCH3 is 2. The lowest BCUT2D eigenvalue weighted by Crippen LogP contribution is -2.14. The third-order valence-electron chi connectivity index (χ3n) is 4.48. The van der Waals surface area contributed by atoms with E-state index in [9.17, 15) is 15.0 Å². The molecular formula is C20H20O6. The molecule has 0 saturated heterocycles. The number of aromatic hydroxyl groups is 1. The zero-order valence-corrected chi connectivity index (χ0v) is 14.5. The number of carbonyl (C=O) groups is 1. The molecular weight excluding hydrogens is 336 g/mol. The minimum atomic E-state index is -0.482. The first-order valence-electron chi connectivity index (χ1n) is 8.11. The summed E-state index contributed by atoms with van der Waals surface area (Å²) in [4.78, 5) is 10.7. The van der Waals surface area contributed by atoms with E-state index in [0.29, 0.717) is 23.5 Å². The van der Waals surface area contributed by atoms with Crippen LogP contribution in [0.2, 0.25) is 0 Å². The Labute approximate surface area is 151 Å². The first-order valence-corrected chi connectivity index (χ1v) is 8.11. The second kappa shape index (κ2) is 7.49. The van der Waals surface area contributed by atoms with Gasteiger partial charge in [0, 0.05) is 5.56 Å². The average molecular weight is 356 g/mol. The third kappa shape index (κ3) is 2.99. The molecule has 0 amide bonds. The zero-order valence-electron chi connectivity index (χ0n) is 14.5. The molecule has 0 radical (unpaired) electrons. The van der Waals surface area contributed by atoms with Gasteiger partial charge in [-0.05, 0) is 35.4 Å². The fraction of sp³-hybridized carbons (Fsp3) is 0.250. The van der Waals surface area contributed by atoms with Gasteiger partial charge < -0.3 is 24.4 Å². The molecule has 0 spiro atoms. The van der Waals surface area contributed by atoms with Crippen LogP contribution in [0.25, 0.3) is 6.08 Å². The summed E-state index contributed by atoms with van der Waals surface area (Å²) in [6.45, 7) is -0.157. The highest BCUT2D eigenvalue weighted by molar-refractivity contribution is 5.76. The van der Waals surface area contributed by atoms with Crippen LogP contribution in [0.1, 0.15) is 28.7 Å². The molecule has 0 unspecified atom stereocenters. The van der Waals surface area contributed by atoms with Gasteiger partial charge in [0.25, 0.3) is 0 Å². The molecule has 1 heterocycles. The van der Waals surface area contributed by atoms with E-state index in [4.69, 9.17) is 14.2 Å². The Morgan fingerprint density at radius 1 is 1.15 bits per heavy atom. The van der Waals surface area contributed by atoms with Gasteiger partial charge in [0.05, 0.1) is 26.7 Å². The van der Waals surface area contributed by atoms with Gasteiger partial charge in [-0.1, -0.05) is 18.2 Å². The van der Waals surface area contributed by atoms with Gasteiger partial charge in [-0.3, -0.25) is 4.79 Å². The lowest BCUT2D eigenvalue weighted by atomic mass is 9.88. The number of carbonyl (C=O) groups excluding carboxylic acids is 1. The Balaban J connectivity index is 2.11. The number of ether oxygens (including phenoxy) is 3. The van der Waals surface area contributed by atoms with E-state index >= 15 is 0 Å². The molecule has 136 valence electrons. The second-order valence-corrected chi connectivity index (χ2v) is 5.85. The van der Waals surface area contributed by atoms with Crippen LogP contribution < -0.4 is 14.2 Å². The van der Waals surface area contributed by atoms with Crippen LogP contribution >= 0.6 is 0 Å². The molecule has 0 aromatic heterocycles. The number of hydrogen-bond donors (Lipinski definition) is 2. The third-order valence-corrected chi connectivity index (χ3v) is 4.48. The van der Waals surface area contributed by atoms with Gasteiger partial charge >= 0.3 is 0 Å². The summed E-state index contributed by atoms with van der Waals surface area (Å²) in [5.74, 6) is 1.08. The number of aliphatic hydroxyl groups excluding tert-OH is 1. The van der Waals surface area contributed by atoms with Crippen LogP contribution in [0, 0.1) is 0 Å². The predicted molar refractivity (Wildman–Crippen MR) is 95.9 cm³/mol. The van der Waals surface area contributed by atoms with Crippen molar-refractivity contribution >= 4 is 12.4 Å². The van der Waals surface area contributed by atoms with Crippen molar-refractivity contribution in [3.63, 3.8) is 0 Å². The van der Waals surface area contributed by atoms with Crippen LogP contribution in [-0.2, 0) is 4.79 Å². The Kier molecular flexibility index (Phi) is 5.14. The quantitative estimate of drug-likeness (QED) is 0.612. The number of phenolic OH excluding ortho intramolecular Hbond substituents is 1. The van der Waals surface area contributed by atoms with E-state index in [1.54, 1.807) is 31.4 Å². The van der Waals surface area contributed by atoms with Gasteiger partial charge in [0.2, 0.25) is 0 Å². The normalized spacial score (nSPS) is 18.4. The highest BCUT2D eigenvalue weighted by Crippen LogP contribution is 2.52. The van der Waals surface area contributed by atoms with Crippen LogP contribution in [0.5, 0.6) is 23.0 Å². The number of aldehydes is 1. The molecule has 2 atom stereocenters. The van der Waals surface area contributed by atoms with E-state index in [1.165, 1.54) is 19.3 Å². The molecule has 0 bridgehead atoms. The standard InChI is InChI=1S/C20H20O6/c1-24-16-8-6-12(4-3-9-21)18-14(11-22)19(26-20(16)18)13-5-7-15(23)17(10-13)25-2/h3-10,14,19,22-23H,11H2,1-2H3/t14-,19+/m1/s1. The van der Waals surface area contributed by atoms with Crippen molar-refractivity contribution < 1.29 is 29.2 Å². The van der Waals surface area contributed by atoms with Crippen molar-refractivity contribution in [2.75, 3.05) is 20.8 Å². The smallest absolute Gasteiger partial charge is 0.166 e. The Bertz CT molecular complexity index is 842. The molecule has 2 aromatic carbocycles. The van der Waals surface area contributed by atoms with Crippen molar-refractivity contribution in [3.05, 3.63) is 53.1 Å². The predicted octanol–water partition coefficient (Wildman–Crippen LogP) is 2.83. The summed E-state index contributed by atoms with van der Waals surface area (Å²) >= 11 is 0. The molecule has 3 rings (SSSR count). The molecule has 0 saturated carbocycles. The molecule has 2 N–H and O–H groups in total. The molecule has 2 aromatic rings. The van der Waals surface area contributed by atoms with E-state index in [1.807, 2.05) is 6.07 Å². The van der Waals surface area contributed by atoms with Crippen molar-refractivity contribution in [1.82, 2.24) is 0 Å². The lowest BCUT2D eigenvalue weighted by Gasteiger charge is -2.19. The summed E-state index contributed by atoms with van der Waals surface area (Å²) in [6.07, 6.45) is 3.29. The van der Waals surface area contributed by atoms with Gasteiger partial charge in [0.15, 0.2) is 23.0 Å². The molecule has 1 aliphatic heterocycles. The molecule has 0 aliphatic carbocycles. The maximum Gasteiger partial charge on any atom is 0.166 e. The molecule has 6 heteroatoms. The van der Waals surface area contributed by atoms with E-state index in [0.717, 1.165) is 16.7 Å². The van der Waals surface area contributed by atoms with Crippen molar-refractivity contribution in [2.24, 2.45) is 0 Å². The fourth-order valence-electron chi connectivity index (χ4n) is 3.27. The van der Waals surface area contributed by atoms with Crippen LogP contribution in [-0.4, -0.2) is 37.3 Å². The minimum absolute atomic E-state index is 0.0273. The summed E-state index contributed by atoms with van der Waals surface area (Å²) in [5, 5.41) is 19.9. The van der Waals surface area contributed by atoms with E-state index in [-0.39, 0.29) is 18.3 Å². The van der Waals surface area contributed by atoms with Gasteiger partial charge in [0.1, 0.15) is 12.4 Å². The Hall–Kier alpha value is -2.99. The highest BCUT2D eigenvalue weighted by atomic mass is 16.5. The van der Waals surface area contributed by atoms with Crippen molar-refractivity contribution in [2.45, 2.75) is 12.0 Å². The minimum Gasteiger partial charge on any atom is -0.504 e. The summed E-state index contributed by atoms with van der Waals surface area (Å²) in [7, 11) is 3.02. The number of aliphatic hydroxyl groups is 1. The number of benzene rings is 2. The summed E-state index contributed by atoms with van der Waals surface area (Å²) < 4.78 is 16.7. The Morgan fingerprint density at radius 3 is 2.58 bits per heavy atom. The monoisotopic (exact) mass is 356 g/mol. The van der Waals surface area contributed by atoms with Gasteiger partial charge in [-0.2, -0.15) is 0 Å². The SMILES string of the molecule is COc1cc([C@@H]2Oc3c(OC)ccc(C=CC=O)c3[C@H]2CO)ccc1O. The van der Waals surface area contributed by atoms with Crippen LogP contribution in [0.4, 0.5) is 0 Å². The maximum absolute atomic E-state index is 10.7. The number of rotatable bonds is 6. The lowest BCUT2D eigenvalue weighted by molar-refractivity contribution is -0.104. The number of hydrogen-bond acceptors (Lipinski definition) is 6. The van der Waals surface area contributed by atoms with Crippen LogP contribution in [0.3, 0.4) is 0 Å². The number of fused-ring (bicyclic) bond motifs is 1. The first-order chi connectivity index (χ1) is 12.6.